The van der Waals surface area contributed by atoms with Crippen LogP contribution in [0.4, 0.5) is 5.82 Å². The molecule has 22 heavy (non-hydrogen) atoms. The van der Waals surface area contributed by atoms with Crippen LogP contribution < -0.4 is 5.73 Å². The number of carbonyl (C=O) groups is 1. The molecule has 2 N–H and O–H groups in total. The molecule has 3 heterocycles. The molecule has 1 atom stereocenters. The van der Waals surface area contributed by atoms with Crippen molar-refractivity contribution >= 4 is 11.7 Å². The molecule has 2 aromatic heterocycles. The topological polar surface area (TPSA) is 98.1 Å². The lowest BCUT2D eigenvalue weighted by Gasteiger charge is -2.32. The van der Waals surface area contributed by atoms with Crippen LogP contribution in [0.2, 0.25) is 0 Å². The smallest absolute Gasteiger partial charge is 0.292 e. The molecular weight excluding hydrogens is 282 g/mol. The minimum Gasteiger partial charge on any atom is -0.382 e. The molecule has 0 spiro atoms. The minimum absolute atomic E-state index is 0.0996. The van der Waals surface area contributed by atoms with E-state index >= 15 is 0 Å². The van der Waals surface area contributed by atoms with Crippen LogP contribution in [0, 0.1) is 12.8 Å². The van der Waals surface area contributed by atoms with Crippen molar-refractivity contribution in [2.75, 3.05) is 18.8 Å². The molecular formula is C15H19N5O2. The Bertz CT molecular complexity index is 669. The van der Waals surface area contributed by atoms with E-state index in [2.05, 4.69) is 15.1 Å². The van der Waals surface area contributed by atoms with Crippen LogP contribution >= 0.6 is 0 Å². The highest BCUT2D eigenvalue weighted by Gasteiger charge is 2.27. The summed E-state index contributed by atoms with van der Waals surface area (Å²) in [4.78, 5) is 22.6. The summed E-state index contributed by atoms with van der Waals surface area (Å²) in [5.41, 5.74) is 7.36. The van der Waals surface area contributed by atoms with E-state index in [9.17, 15) is 4.79 Å². The van der Waals surface area contributed by atoms with Crippen molar-refractivity contribution in [3.05, 3.63) is 35.6 Å². The van der Waals surface area contributed by atoms with E-state index in [4.69, 9.17) is 10.3 Å². The van der Waals surface area contributed by atoms with Gasteiger partial charge in [0, 0.05) is 31.5 Å². The van der Waals surface area contributed by atoms with Crippen molar-refractivity contribution in [2.45, 2.75) is 26.2 Å². The Kier molecular flexibility index (Phi) is 4.04. The monoisotopic (exact) mass is 301 g/mol. The lowest BCUT2D eigenvalue weighted by Crippen LogP contribution is -2.40. The number of likely N-dealkylation sites (tertiary alicyclic amines) is 1. The molecule has 1 aliphatic heterocycles. The summed E-state index contributed by atoms with van der Waals surface area (Å²) in [5.74, 6) is 1.01. The molecule has 0 bridgehead atoms. The number of carbonyl (C=O) groups excluding carboxylic acids is 1. The average molecular weight is 301 g/mol. The third-order valence-corrected chi connectivity index (χ3v) is 3.93. The summed E-state index contributed by atoms with van der Waals surface area (Å²) in [6.07, 6.45) is 5.98. The Morgan fingerprint density at radius 2 is 2.27 bits per heavy atom. The molecule has 7 heteroatoms. The van der Waals surface area contributed by atoms with E-state index in [1.54, 1.807) is 25.4 Å². The summed E-state index contributed by atoms with van der Waals surface area (Å²) < 4.78 is 5.07. The first-order chi connectivity index (χ1) is 10.6. The fraction of sp³-hybridized carbons (Fsp3) is 0.467. The zero-order valence-electron chi connectivity index (χ0n) is 12.5. The number of nitrogen functional groups attached to an aromatic ring is 1. The predicted octanol–water partition coefficient (Wildman–Crippen LogP) is 1.45. The number of hydrogen-bond acceptors (Lipinski definition) is 6. The van der Waals surface area contributed by atoms with Crippen molar-refractivity contribution in [3.63, 3.8) is 0 Å². The van der Waals surface area contributed by atoms with Crippen molar-refractivity contribution in [1.82, 2.24) is 20.0 Å². The second-order valence-corrected chi connectivity index (χ2v) is 5.68. The third-order valence-electron chi connectivity index (χ3n) is 3.93. The number of nitrogens with two attached hydrogens (primary N) is 1. The van der Waals surface area contributed by atoms with E-state index in [0.29, 0.717) is 29.7 Å². The van der Waals surface area contributed by atoms with Gasteiger partial charge < -0.3 is 15.2 Å². The molecule has 7 nitrogen and oxygen atoms in total. The van der Waals surface area contributed by atoms with Gasteiger partial charge in [0.25, 0.3) is 5.91 Å². The van der Waals surface area contributed by atoms with Gasteiger partial charge in [-0.25, -0.2) is 4.98 Å². The van der Waals surface area contributed by atoms with Crippen LogP contribution in [0.1, 0.15) is 34.8 Å². The highest BCUT2D eigenvalue weighted by molar-refractivity contribution is 5.91. The van der Waals surface area contributed by atoms with Crippen molar-refractivity contribution < 1.29 is 9.32 Å². The van der Waals surface area contributed by atoms with Gasteiger partial charge in [0.1, 0.15) is 5.82 Å². The fourth-order valence-electron chi connectivity index (χ4n) is 2.84. The normalized spacial score (nSPS) is 18.4. The lowest BCUT2D eigenvalue weighted by molar-refractivity contribution is 0.0631. The summed E-state index contributed by atoms with van der Waals surface area (Å²) in [5, 5.41) is 3.77. The first kappa shape index (κ1) is 14.5. The average Bonchev–Trinajstić information content (AvgIpc) is 2.96. The molecule has 1 saturated heterocycles. The summed E-state index contributed by atoms with van der Waals surface area (Å²) in [6.45, 7) is 3.22. The zero-order valence-corrected chi connectivity index (χ0v) is 12.5. The maximum Gasteiger partial charge on any atom is 0.292 e. The Balaban J connectivity index is 1.67. The second kappa shape index (κ2) is 6.13. The number of rotatable bonds is 3. The molecule has 1 amide bonds. The molecule has 0 aromatic carbocycles. The lowest BCUT2D eigenvalue weighted by atomic mass is 9.93. The maximum atomic E-state index is 12.4. The number of hydrogen-bond donors (Lipinski definition) is 1. The van der Waals surface area contributed by atoms with Crippen molar-refractivity contribution in [3.8, 4) is 0 Å². The van der Waals surface area contributed by atoms with E-state index in [1.807, 2.05) is 4.90 Å². The number of piperidine rings is 1. The van der Waals surface area contributed by atoms with Gasteiger partial charge in [0.2, 0.25) is 5.76 Å². The highest BCUT2D eigenvalue weighted by Crippen LogP contribution is 2.23. The van der Waals surface area contributed by atoms with Crippen molar-refractivity contribution in [1.29, 1.82) is 0 Å². The molecule has 1 fully saturated rings. The van der Waals surface area contributed by atoms with E-state index in [0.717, 1.165) is 31.5 Å². The zero-order chi connectivity index (χ0) is 15.5. The molecule has 3 rings (SSSR count). The molecule has 1 aliphatic rings. The molecule has 2 aromatic rings. The van der Waals surface area contributed by atoms with Crippen LogP contribution in [-0.2, 0) is 6.42 Å². The number of aromatic nitrogens is 3. The number of amides is 1. The molecule has 0 radical (unpaired) electrons. The van der Waals surface area contributed by atoms with Gasteiger partial charge in [0.15, 0.2) is 0 Å². The first-order valence-corrected chi connectivity index (χ1v) is 7.41. The predicted molar refractivity (Wildman–Crippen MR) is 80.0 cm³/mol. The Hall–Kier alpha value is -2.44. The Morgan fingerprint density at radius 1 is 1.45 bits per heavy atom. The van der Waals surface area contributed by atoms with Gasteiger partial charge in [0.05, 0.1) is 11.4 Å². The van der Waals surface area contributed by atoms with Crippen LogP contribution in [0.3, 0.4) is 0 Å². The molecule has 116 valence electrons. The molecule has 0 aliphatic carbocycles. The Morgan fingerprint density at radius 3 is 3.00 bits per heavy atom. The SMILES string of the molecule is Cc1cc(C(=O)N2CCCC(Cc3nccnc3N)C2)on1. The van der Waals surface area contributed by atoms with E-state index in [1.165, 1.54) is 0 Å². The van der Waals surface area contributed by atoms with Gasteiger partial charge in [-0.3, -0.25) is 9.78 Å². The minimum atomic E-state index is -0.0996. The fourth-order valence-corrected chi connectivity index (χ4v) is 2.84. The molecule has 0 saturated carbocycles. The molecule has 1 unspecified atom stereocenters. The summed E-state index contributed by atoms with van der Waals surface area (Å²) in [7, 11) is 0. The highest BCUT2D eigenvalue weighted by atomic mass is 16.5. The summed E-state index contributed by atoms with van der Waals surface area (Å²) >= 11 is 0. The quantitative estimate of drug-likeness (QED) is 0.921. The van der Waals surface area contributed by atoms with Crippen LogP contribution in [0.5, 0.6) is 0 Å². The van der Waals surface area contributed by atoms with Gasteiger partial charge in [-0.05, 0) is 32.1 Å². The van der Waals surface area contributed by atoms with Crippen molar-refractivity contribution in [2.24, 2.45) is 5.92 Å². The Labute approximate surface area is 128 Å². The van der Waals surface area contributed by atoms with Gasteiger partial charge in [-0.15, -0.1) is 0 Å². The van der Waals surface area contributed by atoms with Crippen LogP contribution in [-0.4, -0.2) is 39.0 Å². The van der Waals surface area contributed by atoms with E-state index < -0.39 is 0 Å². The van der Waals surface area contributed by atoms with Crippen LogP contribution in [0.25, 0.3) is 0 Å². The third kappa shape index (κ3) is 3.08. The second-order valence-electron chi connectivity index (χ2n) is 5.68. The van der Waals surface area contributed by atoms with Gasteiger partial charge in [-0.2, -0.15) is 0 Å². The number of aryl methyl sites for hydroxylation is 1. The maximum absolute atomic E-state index is 12.4. The number of nitrogens with zero attached hydrogens (tertiary/aromatic N) is 4. The van der Waals surface area contributed by atoms with Gasteiger partial charge in [-0.1, -0.05) is 5.16 Å². The first-order valence-electron chi connectivity index (χ1n) is 7.41. The van der Waals surface area contributed by atoms with Crippen LogP contribution in [0.15, 0.2) is 23.0 Å². The largest absolute Gasteiger partial charge is 0.382 e. The summed E-state index contributed by atoms with van der Waals surface area (Å²) in [6, 6.07) is 1.67. The van der Waals surface area contributed by atoms with Gasteiger partial charge >= 0.3 is 0 Å². The standard InChI is InChI=1S/C15H19N5O2/c1-10-7-13(22-19-10)15(21)20-6-2-3-11(9-20)8-12-14(16)18-5-4-17-12/h4-5,7,11H,2-3,6,8-9H2,1H3,(H2,16,18). The number of anilines is 1. The van der Waals surface area contributed by atoms with E-state index in [-0.39, 0.29) is 5.91 Å².